The van der Waals surface area contributed by atoms with Crippen LogP contribution in [-0.2, 0) is 0 Å². The molecule has 0 spiro atoms. The molecule has 1 atom stereocenters. The van der Waals surface area contributed by atoms with Crippen LogP contribution in [0.15, 0.2) is 6.20 Å². The Morgan fingerprint density at radius 1 is 1.61 bits per heavy atom. The summed E-state index contributed by atoms with van der Waals surface area (Å²) in [6.07, 6.45) is 3.23. The molecule has 0 aliphatic carbocycles. The number of aromatic nitrogens is 2. The van der Waals surface area contributed by atoms with E-state index in [4.69, 9.17) is 5.73 Å². The lowest BCUT2D eigenvalue weighted by molar-refractivity contribution is -0.384. The van der Waals surface area contributed by atoms with Crippen molar-refractivity contribution in [3.05, 3.63) is 16.3 Å². The zero-order chi connectivity index (χ0) is 13.3. The Labute approximate surface area is 105 Å². The standard InChI is InChI=1S/C11H17N5O2/c1-7(2)8-4-3-5-15(8)10-9(16(17)18)6-13-11(12)14-10/h6-8H,3-5H2,1-2H3,(H2,12,13,14). The van der Waals surface area contributed by atoms with E-state index in [9.17, 15) is 10.1 Å². The van der Waals surface area contributed by atoms with Crippen LogP contribution in [0.3, 0.4) is 0 Å². The van der Waals surface area contributed by atoms with Gasteiger partial charge in [-0.25, -0.2) is 4.98 Å². The first-order valence-corrected chi connectivity index (χ1v) is 6.04. The highest BCUT2D eigenvalue weighted by atomic mass is 16.6. The summed E-state index contributed by atoms with van der Waals surface area (Å²) >= 11 is 0. The third-order valence-corrected chi connectivity index (χ3v) is 3.31. The molecule has 7 heteroatoms. The fourth-order valence-electron chi connectivity index (χ4n) is 2.47. The van der Waals surface area contributed by atoms with Gasteiger partial charge in [0.25, 0.3) is 0 Å². The van der Waals surface area contributed by atoms with Crippen molar-refractivity contribution in [3.63, 3.8) is 0 Å². The Morgan fingerprint density at radius 3 is 2.94 bits per heavy atom. The van der Waals surface area contributed by atoms with Gasteiger partial charge in [0.05, 0.1) is 4.92 Å². The lowest BCUT2D eigenvalue weighted by atomic mass is 10.0. The predicted octanol–water partition coefficient (Wildman–Crippen LogP) is 1.59. The average Bonchev–Trinajstić information content (AvgIpc) is 2.77. The maximum Gasteiger partial charge on any atom is 0.329 e. The zero-order valence-corrected chi connectivity index (χ0v) is 10.5. The molecule has 2 N–H and O–H groups in total. The Bertz CT molecular complexity index is 463. The smallest absolute Gasteiger partial charge is 0.329 e. The van der Waals surface area contributed by atoms with E-state index in [1.54, 1.807) is 0 Å². The van der Waals surface area contributed by atoms with E-state index >= 15 is 0 Å². The SMILES string of the molecule is CC(C)C1CCCN1c1nc(N)ncc1[N+](=O)[O-]. The van der Waals surface area contributed by atoms with Gasteiger partial charge in [-0.1, -0.05) is 13.8 Å². The highest BCUT2D eigenvalue weighted by Gasteiger charge is 2.33. The molecule has 1 saturated heterocycles. The number of hydrogen-bond acceptors (Lipinski definition) is 6. The van der Waals surface area contributed by atoms with Crippen LogP contribution < -0.4 is 10.6 Å². The Balaban J connectivity index is 2.42. The predicted molar refractivity (Wildman–Crippen MR) is 68.3 cm³/mol. The van der Waals surface area contributed by atoms with E-state index in [1.165, 1.54) is 6.20 Å². The van der Waals surface area contributed by atoms with Crippen molar-refractivity contribution in [1.82, 2.24) is 9.97 Å². The molecule has 2 rings (SSSR count). The maximum atomic E-state index is 11.0. The Kier molecular flexibility index (Phi) is 3.31. The van der Waals surface area contributed by atoms with Crippen molar-refractivity contribution in [2.75, 3.05) is 17.2 Å². The second-order valence-electron chi connectivity index (χ2n) is 4.84. The molecule has 1 aliphatic heterocycles. The average molecular weight is 251 g/mol. The number of nitrogens with zero attached hydrogens (tertiary/aromatic N) is 4. The lowest BCUT2D eigenvalue weighted by Crippen LogP contribution is -2.34. The van der Waals surface area contributed by atoms with Crippen LogP contribution in [0.1, 0.15) is 26.7 Å². The molecule has 7 nitrogen and oxygen atoms in total. The first-order chi connectivity index (χ1) is 8.50. The molecule has 0 saturated carbocycles. The van der Waals surface area contributed by atoms with Crippen molar-refractivity contribution in [2.45, 2.75) is 32.7 Å². The van der Waals surface area contributed by atoms with Crippen LogP contribution in [-0.4, -0.2) is 27.5 Å². The van der Waals surface area contributed by atoms with Crippen molar-refractivity contribution in [3.8, 4) is 0 Å². The minimum absolute atomic E-state index is 0.0725. The maximum absolute atomic E-state index is 11.0. The summed E-state index contributed by atoms with van der Waals surface area (Å²) < 4.78 is 0. The molecule has 1 aromatic rings. The number of nitrogens with two attached hydrogens (primary N) is 1. The van der Waals surface area contributed by atoms with Crippen molar-refractivity contribution >= 4 is 17.5 Å². The summed E-state index contributed by atoms with van der Waals surface area (Å²) in [7, 11) is 0. The zero-order valence-electron chi connectivity index (χ0n) is 10.5. The quantitative estimate of drug-likeness (QED) is 0.647. The molecule has 1 aromatic heterocycles. The van der Waals surface area contributed by atoms with Gasteiger partial charge < -0.3 is 10.6 Å². The minimum atomic E-state index is -0.454. The first-order valence-electron chi connectivity index (χ1n) is 6.04. The molecule has 0 amide bonds. The molecule has 98 valence electrons. The highest BCUT2D eigenvalue weighted by molar-refractivity contribution is 5.59. The summed E-state index contributed by atoms with van der Waals surface area (Å²) in [5.74, 6) is 0.844. The lowest BCUT2D eigenvalue weighted by Gasteiger charge is -2.28. The van der Waals surface area contributed by atoms with Gasteiger partial charge >= 0.3 is 5.69 Å². The second-order valence-corrected chi connectivity index (χ2v) is 4.84. The number of hydrogen-bond donors (Lipinski definition) is 1. The van der Waals surface area contributed by atoms with Crippen molar-refractivity contribution in [2.24, 2.45) is 5.92 Å². The van der Waals surface area contributed by atoms with Crippen LogP contribution >= 0.6 is 0 Å². The van der Waals surface area contributed by atoms with Gasteiger partial charge in [0.15, 0.2) is 0 Å². The van der Waals surface area contributed by atoms with E-state index < -0.39 is 4.92 Å². The van der Waals surface area contributed by atoms with E-state index in [1.807, 2.05) is 4.90 Å². The number of nitro groups is 1. The van der Waals surface area contributed by atoms with Gasteiger partial charge in [0.1, 0.15) is 6.20 Å². The second kappa shape index (κ2) is 4.75. The summed E-state index contributed by atoms with van der Waals surface area (Å²) in [6, 6.07) is 0.276. The van der Waals surface area contributed by atoms with Crippen LogP contribution in [0.25, 0.3) is 0 Å². The number of nitrogen functional groups attached to an aromatic ring is 1. The number of anilines is 2. The molecule has 0 radical (unpaired) electrons. The topological polar surface area (TPSA) is 98.2 Å². The molecule has 0 aromatic carbocycles. The largest absolute Gasteiger partial charge is 0.368 e. The van der Waals surface area contributed by atoms with E-state index in [0.717, 1.165) is 19.4 Å². The molecule has 2 heterocycles. The molecule has 18 heavy (non-hydrogen) atoms. The van der Waals surface area contributed by atoms with Gasteiger partial charge in [-0.15, -0.1) is 0 Å². The highest BCUT2D eigenvalue weighted by Crippen LogP contribution is 2.34. The molecular weight excluding hydrogens is 234 g/mol. The Morgan fingerprint density at radius 2 is 2.33 bits per heavy atom. The third-order valence-electron chi connectivity index (χ3n) is 3.31. The molecule has 1 fully saturated rings. The molecule has 1 aliphatic rings. The Hall–Kier alpha value is -1.92. The van der Waals surface area contributed by atoms with Crippen molar-refractivity contribution < 1.29 is 4.92 Å². The monoisotopic (exact) mass is 251 g/mol. The number of rotatable bonds is 3. The molecule has 1 unspecified atom stereocenters. The van der Waals surface area contributed by atoms with Crippen LogP contribution in [0, 0.1) is 16.0 Å². The normalized spacial score (nSPS) is 19.5. The van der Waals surface area contributed by atoms with Gasteiger partial charge in [0.2, 0.25) is 11.8 Å². The summed E-state index contributed by atoms with van der Waals surface area (Å²) in [6.45, 7) is 5.00. The summed E-state index contributed by atoms with van der Waals surface area (Å²) in [5.41, 5.74) is 5.47. The summed E-state index contributed by atoms with van der Waals surface area (Å²) in [4.78, 5) is 20.3. The van der Waals surface area contributed by atoms with Gasteiger partial charge in [-0.05, 0) is 18.8 Å². The van der Waals surface area contributed by atoms with Gasteiger partial charge in [-0.3, -0.25) is 10.1 Å². The van der Waals surface area contributed by atoms with Crippen molar-refractivity contribution in [1.29, 1.82) is 0 Å². The van der Waals surface area contributed by atoms with Gasteiger partial charge in [0, 0.05) is 12.6 Å². The fraction of sp³-hybridized carbons (Fsp3) is 0.636. The fourth-order valence-corrected chi connectivity index (χ4v) is 2.47. The van der Waals surface area contributed by atoms with Crippen LogP contribution in [0.4, 0.5) is 17.5 Å². The molecular formula is C11H17N5O2. The minimum Gasteiger partial charge on any atom is -0.368 e. The van der Waals surface area contributed by atoms with E-state index in [-0.39, 0.29) is 17.7 Å². The van der Waals surface area contributed by atoms with Crippen LogP contribution in [0.2, 0.25) is 0 Å². The van der Waals surface area contributed by atoms with Gasteiger partial charge in [-0.2, -0.15) is 4.98 Å². The first kappa shape index (κ1) is 12.5. The molecule has 0 bridgehead atoms. The van der Waals surface area contributed by atoms with E-state index in [0.29, 0.717) is 11.7 Å². The van der Waals surface area contributed by atoms with E-state index in [2.05, 4.69) is 23.8 Å². The van der Waals surface area contributed by atoms with Crippen LogP contribution in [0.5, 0.6) is 0 Å². The summed E-state index contributed by atoms with van der Waals surface area (Å²) in [5, 5.41) is 11.0. The third kappa shape index (κ3) is 2.20.